The number of nitrogens with zero attached hydrogens (tertiary/aromatic N) is 3. The van der Waals surface area contributed by atoms with E-state index in [1.807, 2.05) is 18.2 Å². The number of halogens is 1. The highest BCUT2D eigenvalue weighted by atomic mass is 35.5. The molecule has 2 aromatic rings. The normalized spacial score (nSPS) is 17.5. The predicted molar refractivity (Wildman–Crippen MR) is 93.8 cm³/mol. The van der Waals surface area contributed by atoms with Crippen LogP contribution in [0.25, 0.3) is 0 Å². The maximum atomic E-state index is 12.8. The molecule has 0 spiro atoms. The zero-order valence-corrected chi connectivity index (χ0v) is 14.7. The van der Waals surface area contributed by atoms with Gasteiger partial charge in [0.05, 0.1) is 17.8 Å². The monoisotopic (exact) mass is 361 g/mol. The second-order valence-electron chi connectivity index (χ2n) is 6.30. The largest absolute Gasteiger partial charge is 0.480 e. The number of aryl methyl sites for hydroxylation is 1. The lowest BCUT2D eigenvalue weighted by atomic mass is 10.0. The fourth-order valence-electron chi connectivity index (χ4n) is 3.22. The highest BCUT2D eigenvalue weighted by Gasteiger charge is 2.33. The lowest BCUT2D eigenvalue weighted by Crippen LogP contribution is -2.48. The molecule has 0 bridgehead atoms. The number of carboxylic acid groups (broad SMARTS) is 1. The van der Waals surface area contributed by atoms with Crippen molar-refractivity contribution in [1.29, 1.82) is 0 Å². The van der Waals surface area contributed by atoms with Crippen LogP contribution in [0.3, 0.4) is 0 Å². The van der Waals surface area contributed by atoms with Crippen molar-refractivity contribution in [3.8, 4) is 0 Å². The minimum Gasteiger partial charge on any atom is -0.480 e. The van der Waals surface area contributed by atoms with Gasteiger partial charge in [-0.3, -0.25) is 9.48 Å². The molecule has 132 valence electrons. The summed E-state index contributed by atoms with van der Waals surface area (Å²) in [6, 6.07) is 6.71. The van der Waals surface area contributed by atoms with Crippen LogP contribution in [0.5, 0.6) is 0 Å². The number of aliphatic carboxylic acids is 1. The van der Waals surface area contributed by atoms with Crippen LogP contribution in [0, 0.1) is 6.92 Å². The highest BCUT2D eigenvalue weighted by molar-refractivity contribution is 6.30. The fraction of sp³-hybridized carbons (Fsp3) is 0.389. The summed E-state index contributed by atoms with van der Waals surface area (Å²) in [6.45, 7) is 2.73. The van der Waals surface area contributed by atoms with Gasteiger partial charge in [0.15, 0.2) is 0 Å². The number of aromatic nitrogens is 2. The van der Waals surface area contributed by atoms with E-state index in [2.05, 4.69) is 5.10 Å². The molecule has 0 aliphatic carbocycles. The molecule has 1 aliphatic rings. The molecule has 0 unspecified atom stereocenters. The minimum atomic E-state index is -0.947. The quantitative estimate of drug-likeness (QED) is 0.908. The average molecular weight is 362 g/mol. The Labute approximate surface area is 151 Å². The van der Waals surface area contributed by atoms with Gasteiger partial charge in [-0.05, 0) is 43.9 Å². The Morgan fingerprint density at radius 2 is 2.16 bits per heavy atom. The second-order valence-corrected chi connectivity index (χ2v) is 6.74. The summed E-state index contributed by atoms with van der Waals surface area (Å²) in [5.74, 6) is -1.21. The number of carbonyl (C=O) groups is 2. The van der Waals surface area contributed by atoms with Gasteiger partial charge in [-0.2, -0.15) is 5.10 Å². The molecular formula is C18H20ClN3O3. The topological polar surface area (TPSA) is 75.4 Å². The van der Waals surface area contributed by atoms with E-state index in [1.165, 1.54) is 4.90 Å². The Bertz CT molecular complexity index is 803. The number of hydrogen-bond donors (Lipinski definition) is 1. The maximum Gasteiger partial charge on any atom is 0.326 e. The standard InChI is InChI=1S/C18H20ClN3O3/c1-12-15(17(23)22-8-3-2-7-16(22)18(24)25)11-21(20-12)10-13-5-4-6-14(19)9-13/h4-6,9,11,16H,2-3,7-8,10H2,1H3,(H,24,25)/t16-/m1/s1. The summed E-state index contributed by atoms with van der Waals surface area (Å²) in [7, 11) is 0. The fourth-order valence-corrected chi connectivity index (χ4v) is 3.43. The van der Waals surface area contributed by atoms with Crippen molar-refractivity contribution >= 4 is 23.5 Å². The van der Waals surface area contributed by atoms with Gasteiger partial charge in [0.25, 0.3) is 5.91 Å². The van der Waals surface area contributed by atoms with Gasteiger partial charge in [0.2, 0.25) is 0 Å². The molecule has 1 saturated heterocycles. The first kappa shape index (κ1) is 17.5. The van der Waals surface area contributed by atoms with E-state index in [0.29, 0.717) is 35.8 Å². The third-order valence-corrected chi connectivity index (χ3v) is 4.69. The summed E-state index contributed by atoms with van der Waals surface area (Å²) in [6.07, 6.45) is 3.84. The van der Waals surface area contributed by atoms with E-state index in [1.54, 1.807) is 23.9 Å². The summed E-state index contributed by atoms with van der Waals surface area (Å²) in [5.41, 5.74) is 2.03. The van der Waals surface area contributed by atoms with Crippen molar-refractivity contribution in [1.82, 2.24) is 14.7 Å². The number of carbonyl (C=O) groups excluding carboxylic acids is 1. The minimum absolute atomic E-state index is 0.262. The number of amides is 1. The van der Waals surface area contributed by atoms with Gasteiger partial charge in [-0.15, -0.1) is 0 Å². The number of benzene rings is 1. The number of piperidine rings is 1. The van der Waals surface area contributed by atoms with Crippen LogP contribution in [0.1, 0.15) is 40.9 Å². The van der Waals surface area contributed by atoms with Gasteiger partial charge in [0, 0.05) is 17.8 Å². The molecule has 2 heterocycles. The van der Waals surface area contributed by atoms with Crippen LogP contribution >= 0.6 is 11.6 Å². The van der Waals surface area contributed by atoms with Crippen LogP contribution in [0.2, 0.25) is 5.02 Å². The van der Waals surface area contributed by atoms with Crippen LogP contribution in [0.15, 0.2) is 30.5 Å². The van der Waals surface area contributed by atoms with Crippen molar-refractivity contribution in [2.45, 2.75) is 38.8 Å². The lowest BCUT2D eigenvalue weighted by molar-refractivity contribution is -0.143. The molecule has 0 radical (unpaired) electrons. The van der Waals surface area contributed by atoms with Crippen LogP contribution in [0.4, 0.5) is 0 Å². The van der Waals surface area contributed by atoms with Crippen LogP contribution in [-0.4, -0.2) is 44.3 Å². The Morgan fingerprint density at radius 3 is 2.88 bits per heavy atom. The summed E-state index contributed by atoms with van der Waals surface area (Å²) in [4.78, 5) is 25.7. The molecule has 3 rings (SSSR count). The molecule has 1 fully saturated rings. The third kappa shape index (κ3) is 3.85. The second kappa shape index (κ2) is 7.27. The van der Waals surface area contributed by atoms with Crippen molar-refractivity contribution < 1.29 is 14.7 Å². The Hall–Kier alpha value is -2.34. The van der Waals surface area contributed by atoms with Crippen molar-refractivity contribution in [3.05, 3.63) is 52.3 Å². The van der Waals surface area contributed by atoms with E-state index >= 15 is 0 Å². The molecule has 1 aliphatic heterocycles. The summed E-state index contributed by atoms with van der Waals surface area (Å²) < 4.78 is 1.69. The van der Waals surface area contributed by atoms with E-state index in [-0.39, 0.29) is 5.91 Å². The molecule has 1 atom stereocenters. The molecule has 1 aromatic heterocycles. The van der Waals surface area contributed by atoms with E-state index in [9.17, 15) is 14.7 Å². The Balaban J connectivity index is 1.81. The Morgan fingerprint density at radius 1 is 1.36 bits per heavy atom. The van der Waals surface area contributed by atoms with Gasteiger partial charge < -0.3 is 10.0 Å². The van der Waals surface area contributed by atoms with E-state index in [0.717, 1.165) is 18.4 Å². The van der Waals surface area contributed by atoms with E-state index < -0.39 is 12.0 Å². The predicted octanol–water partition coefficient (Wildman–Crippen LogP) is 2.97. The first-order chi connectivity index (χ1) is 12.0. The smallest absolute Gasteiger partial charge is 0.326 e. The summed E-state index contributed by atoms with van der Waals surface area (Å²) in [5, 5.41) is 14.4. The van der Waals surface area contributed by atoms with Crippen LogP contribution in [-0.2, 0) is 11.3 Å². The third-order valence-electron chi connectivity index (χ3n) is 4.46. The molecule has 0 saturated carbocycles. The highest BCUT2D eigenvalue weighted by Crippen LogP contribution is 2.21. The molecule has 7 heteroatoms. The first-order valence-corrected chi connectivity index (χ1v) is 8.66. The lowest BCUT2D eigenvalue weighted by Gasteiger charge is -2.32. The van der Waals surface area contributed by atoms with E-state index in [4.69, 9.17) is 11.6 Å². The molecule has 1 aromatic carbocycles. The average Bonchev–Trinajstić information content (AvgIpc) is 2.94. The Kier molecular flexibility index (Phi) is 5.08. The molecule has 1 amide bonds. The number of hydrogen-bond acceptors (Lipinski definition) is 3. The van der Waals surface area contributed by atoms with Crippen molar-refractivity contribution in [3.63, 3.8) is 0 Å². The molecule has 25 heavy (non-hydrogen) atoms. The zero-order chi connectivity index (χ0) is 18.0. The van der Waals surface area contributed by atoms with Crippen molar-refractivity contribution in [2.75, 3.05) is 6.54 Å². The number of carboxylic acids is 1. The van der Waals surface area contributed by atoms with Crippen LogP contribution < -0.4 is 0 Å². The molecule has 6 nitrogen and oxygen atoms in total. The zero-order valence-electron chi connectivity index (χ0n) is 14.0. The molecule has 1 N–H and O–H groups in total. The summed E-state index contributed by atoms with van der Waals surface area (Å²) >= 11 is 6.00. The van der Waals surface area contributed by atoms with Gasteiger partial charge in [-0.1, -0.05) is 23.7 Å². The number of likely N-dealkylation sites (tertiary alicyclic amines) is 1. The molecular weight excluding hydrogens is 342 g/mol. The van der Waals surface area contributed by atoms with Gasteiger partial charge in [0.1, 0.15) is 6.04 Å². The SMILES string of the molecule is Cc1nn(Cc2cccc(Cl)c2)cc1C(=O)N1CCCC[C@@H]1C(=O)O. The maximum absolute atomic E-state index is 12.8. The van der Waals surface area contributed by atoms with Gasteiger partial charge in [-0.25, -0.2) is 4.79 Å². The van der Waals surface area contributed by atoms with Gasteiger partial charge >= 0.3 is 5.97 Å². The van der Waals surface area contributed by atoms with Crippen molar-refractivity contribution in [2.24, 2.45) is 0 Å². The first-order valence-electron chi connectivity index (χ1n) is 8.28. The number of rotatable bonds is 4.